The first kappa shape index (κ1) is 15.2. The number of hydrogen-bond acceptors (Lipinski definition) is 4. The number of halogens is 1. The van der Waals surface area contributed by atoms with E-state index in [1.807, 2.05) is 0 Å². The van der Waals surface area contributed by atoms with E-state index >= 15 is 0 Å². The first-order chi connectivity index (χ1) is 10.0. The van der Waals surface area contributed by atoms with E-state index in [2.05, 4.69) is 15.7 Å². The SMILES string of the molecule is O=[N+]([O-])c1ccc(NC(=S)NCCn2cc(Cl)cn2)cc1. The van der Waals surface area contributed by atoms with E-state index in [9.17, 15) is 10.1 Å². The van der Waals surface area contributed by atoms with Crippen LogP contribution in [0.15, 0.2) is 36.7 Å². The maximum atomic E-state index is 10.5. The number of nitro benzene ring substituents is 1. The largest absolute Gasteiger partial charge is 0.361 e. The minimum absolute atomic E-state index is 0.0370. The summed E-state index contributed by atoms with van der Waals surface area (Å²) in [5.41, 5.74) is 0.718. The lowest BCUT2D eigenvalue weighted by molar-refractivity contribution is -0.384. The zero-order chi connectivity index (χ0) is 15.2. The number of thiocarbonyl (C=S) groups is 1. The minimum Gasteiger partial charge on any atom is -0.361 e. The molecule has 2 rings (SSSR count). The van der Waals surface area contributed by atoms with Crippen LogP contribution in [0.4, 0.5) is 11.4 Å². The summed E-state index contributed by atoms with van der Waals surface area (Å²) < 4.78 is 1.70. The van der Waals surface area contributed by atoms with Crippen LogP contribution in [0.2, 0.25) is 5.02 Å². The van der Waals surface area contributed by atoms with Gasteiger partial charge >= 0.3 is 0 Å². The van der Waals surface area contributed by atoms with Gasteiger partial charge in [-0.3, -0.25) is 14.8 Å². The Morgan fingerprint density at radius 2 is 2.14 bits per heavy atom. The lowest BCUT2D eigenvalue weighted by Crippen LogP contribution is -2.31. The Balaban J connectivity index is 1.77. The van der Waals surface area contributed by atoms with Crippen LogP contribution < -0.4 is 10.6 Å². The summed E-state index contributed by atoms with van der Waals surface area (Å²) >= 11 is 10.9. The highest BCUT2D eigenvalue weighted by atomic mass is 35.5. The van der Waals surface area contributed by atoms with Gasteiger partial charge in [-0.2, -0.15) is 5.10 Å². The molecular weight excluding hydrogens is 314 g/mol. The Bertz CT molecular complexity index is 643. The molecule has 9 heteroatoms. The zero-order valence-corrected chi connectivity index (χ0v) is 12.4. The number of hydrogen-bond donors (Lipinski definition) is 2. The van der Waals surface area contributed by atoms with E-state index in [0.29, 0.717) is 28.9 Å². The minimum atomic E-state index is -0.449. The summed E-state index contributed by atoms with van der Waals surface area (Å²) in [6.45, 7) is 1.20. The number of anilines is 1. The molecule has 0 saturated heterocycles. The van der Waals surface area contributed by atoms with E-state index in [1.165, 1.54) is 12.1 Å². The Morgan fingerprint density at radius 1 is 1.43 bits per heavy atom. The van der Waals surface area contributed by atoms with Crippen molar-refractivity contribution >= 4 is 40.3 Å². The summed E-state index contributed by atoms with van der Waals surface area (Å²) in [5.74, 6) is 0. The first-order valence-electron chi connectivity index (χ1n) is 6.02. The fourth-order valence-electron chi connectivity index (χ4n) is 1.59. The molecule has 2 aromatic rings. The summed E-state index contributed by atoms with van der Waals surface area (Å²) in [7, 11) is 0. The Labute approximate surface area is 131 Å². The number of nitro groups is 1. The van der Waals surface area contributed by atoms with Gasteiger partial charge in [-0.1, -0.05) is 11.6 Å². The molecule has 0 radical (unpaired) electrons. The van der Waals surface area contributed by atoms with Crippen LogP contribution in [0.25, 0.3) is 0 Å². The first-order valence-corrected chi connectivity index (χ1v) is 6.80. The van der Waals surface area contributed by atoms with Gasteiger partial charge in [-0.05, 0) is 24.4 Å². The highest BCUT2D eigenvalue weighted by molar-refractivity contribution is 7.80. The van der Waals surface area contributed by atoms with E-state index in [-0.39, 0.29) is 5.69 Å². The summed E-state index contributed by atoms with van der Waals surface area (Å²) in [6.07, 6.45) is 3.28. The van der Waals surface area contributed by atoms with Gasteiger partial charge in [0.15, 0.2) is 5.11 Å². The molecule has 1 heterocycles. The van der Waals surface area contributed by atoms with Gasteiger partial charge in [0.1, 0.15) is 0 Å². The molecule has 0 aliphatic rings. The van der Waals surface area contributed by atoms with E-state index in [4.69, 9.17) is 23.8 Å². The van der Waals surface area contributed by atoms with Gasteiger partial charge in [0.05, 0.1) is 22.7 Å². The summed E-state index contributed by atoms with van der Waals surface area (Å²) in [6, 6.07) is 6.02. The molecule has 0 unspecified atom stereocenters. The molecule has 0 aliphatic carbocycles. The fraction of sp³-hybridized carbons (Fsp3) is 0.167. The van der Waals surface area contributed by atoms with Crippen LogP contribution >= 0.6 is 23.8 Å². The molecule has 1 aromatic carbocycles. The Morgan fingerprint density at radius 3 is 2.71 bits per heavy atom. The quantitative estimate of drug-likeness (QED) is 0.499. The number of rotatable bonds is 5. The van der Waals surface area contributed by atoms with Crippen LogP contribution in [0.1, 0.15) is 0 Å². The third kappa shape index (κ3) is 4.69. The van der Waals surface area contributed by atoms with Crippen molar-refractivity contribution in [1.82, 2.24) is 15.1 Å². The van der Waals surface area contributed by atoms with Crippen molar-refractivity contribution in [2.75, 3.05) is 11.9 Å². The molecule has 0 atom stereocenters. The zero-order valence-electron chi connectivity index (χ0n) is 10.8. The van der Waals surface area contributed by atoms with Crippen molar-refractivity contribution < 1.29 is 4.92 Å². The standard InChI is InChI=1S/C12H12ClN5O2S/c13-9-7-15-17(8-9)6-5-14-12(21)16-10-1-3-11(4-2-10)18(19)20/h1-4,7-8H,5-6H2,(H2,14,16,21). The Kier molecular flexibility index (Phi) is 5.07. The highest BCUT2D eigenvalue weighted by Gasteiger charge is 2.04. The highest BCUT2D eigenvalue weighted by Crippen LogP contribution is 2.15. The fourth-order valence-corrected chi connectivity index (χ4v) is 1.96. The van der Waals surface area contributed by atoms with Gasteiger partial charge in [-0.25, -0.2) is 0 Å². The third-order valence-corrected chi connectivity index (χ3v) is 3.01. The van der Waals surface area contributed by atoms with Crippen molar-refractivity contribution in [2.45, 2.75) is 6.54 Å². The molecule has 21 heavy (non-hydrogen) atoms. The molecule has 0 bridgehead atoms. The normalized spacial score (nSPS) is 10.1. The molecule has 7 nitrogen and oxygen atoms in total. The molecule has 1 aromatic heterocycles. The van der Waals surface area contributed by atoms with Gasteiger partial charge in [-0.15, -0.1) is 0 Å². The van der Waals surface area contributed by atoms with E-state index in [1.54, 1.807) is 29.2 Å². The van der Waals surface area contributed by atoms with E-state index in [0.717, 1.165) is 0 Å². The van der Waals surface area contributed by atoms with E-state index < -0.39 is 4.92 Å². The molecule has 2 N–H and O–H groups in total. The number of benzene rings is 1. The maximum Gasteiger partial charge on any atom is 0.269 e. The monoisotopic (exact) mass is 325 g/mol. The average Bonchev–Trinajstić information content (AvgIpc) is 2.85. The second-order valence-electron chi connectivity index (χ2n) is 4.11. The van der Waals surface area contributed by atoms with Crippen LogP contribution in [-0.2, 0) is 6.54 Å². The molecular formula is C12H12ClN5O2S. The predicted octanol–water partition coefficient (Wildman–Crippen LogP) is 2.43. The van der Waals surface area contributed by atoms with Gasteiger partial charge in [0.2, 0.25) is 0 Å². The average molecular weight is 326 g/mol. The van der Waals surface area contributed by atoms with Gasteiger partial charge in [0, 0.05) is 30.6 Å². The van der Waals surface area contributed by atoms with Crippen molar-refractivity contribution in [3.05, 3.63) is 51.8 Å². The van der Waals surface area contributed by atoms with Crippen molar-refractivity contribution in [3.8, 4) is 0 Å². The molecule has 0 spiro atoms. The number of nitrogens with zero attached hydrogens (tertiary/aromatic N) is 3. The van der Waals surface area contributed by atoms with Crippen LogP contribution in [0.3, 0.4) is 0 Å². The predicted molar refractivity (Wildman–Crippen MR) is 84.6 cm³/mol. The number of aromatic nitrogens is 2. The lowest BCUT2D eigenvalue weighted by atomic mass is 10.3. The van der Waals surface area contributed by atoms with Crippen LogP contribution in [-0.4, -0.2) is 26.4 Å². The van der Waals surface area contributed by atoms with Crippen LogP contribution in [0.5, 0.6) is 0 Å². The van der Waals surface area contributed by atoms with Crippen molar-refractivity contribution in [2.24, 2.45) is 0 Å². The lowest BCUT2D eigenvalue weighted by Gasteiger charge is -2.10. The topological polar surface area (TPSA) is 85.0 Å². The molecule has 0 saturated carbocycles. The Hall–Kier alpha value is -2.19. The number of nitrogens with one attached hydrogen (secondary N) is 2. The summed E-state index contributed by atoms with van der Waals surface area (Å²) in [5, 5.41) is 21.5. The third-order valence-electron chi connectivity index (χ3n) is 2.56. The van der Waals surface area contributed by atoms with Gasteiger partial charge in [0.25, 0.3) is 5.69 Å². The molecule has 0 fully saturated rings. The second kappa shape index (κ2) is 7.00. The van der Waals surface area contributed by atoms with Gasteiger partial charge < -0.3 is 10.6 Å². The molecule has 0 amide bonds. The molecule has 110 valence electrons. The molecule has 0 aliphatic heterocycles. The number of non-ortho nitro benzene ring substituents is 1. The van der Waals surface area contributed by atoms with Crippen molar-refractivity contribution in [1.29, 1.82) is 0 Å². The second-order valence-corrected chi connectivity index (χ2v) is 4.95. The van der Waals surface area contributed by atoms with Crippen molar-refractivity contribution in [3.63, 3.8) is 0 Å². The van der Waals surface area contributed by atoms with Crippen LogP contribution in [0, 0.1) is 10.1 Å². The smallest absolute Gasteiger partial charge is 0.269 e. The summed E-state index contributed by atoms with van der Waals surface area (Å²) in [4.78, 5) is 10.1. The maximum absolute atomic E-state index is 10.5.